The molecule has 0 aliphatic carbocycles. The van der Waals surface area contributed by atoms with E-state index in [-0.39, 0.29) is 5.82 Å². The molecule has 0 radical (unpaired) electrons. The van der Waals surface area contributed by atoms with E-state index in [1.165, 1.54) is 6.07 Å². The number of pyridine rings is 1. The maximum atomic E-state index is 14.9. The molecule has 1 aromatic heterocycles. The maximum absolute atomic E-state index is 14.9. The topological polar surface area (TPSA) is 12.9 Å². The Labute approximate surface area is 179 Å². The average Bonchev–Trinajstić information content (AvgIpc) is 2.79. The van der Waals surface area contributed by atoms with Crippen LogP contribution in [0.1, 0.15) is 0 Å². The molecule has 0 bridgehead atoms. The van der Waals surface area contributed by atoms with Crippen LogP contribution in [0.2, 0.25) is 5.02 Å². The van der Waals surface area contributed by atoms with Crippen LogP contribution in [0.5, 0.6) is 0 Å². The normalized spacial score (nSPS) is 11.0. The van der Waals surface area contributed by atoms with Gasteiger partial charge in [-0.05, 0) is 41.5 Å². The number of hydrogen-bond acceptors (Lipinski definition) is 1. The minimum atomic E-state index is -0.297. The molecule has 3 heteroatoms. The van der Waals surface area contributed by atoms with Crippen LogP contribution in [0.15, 0.2) is 103 Å². The Bertz CT molecular complexity index is 1350. The molecule has 1 nitrogen and oxygen atoms in total. The van der Waals surface area contributed by atoms with Crippen LogP contribution in [-0.4, -0.2) is 4.98 Å². The van der Waals surface area contributed by atoms with Crippen molar-refractivity contribution in [2.24, 2.45) is 0 Å². The summed E-state index contributed by atoms with van der Waals surface area (Å²) in [6.45, 7) is 0. The second-order valence-corrected chi connectivity index (χ2v) is 7.52. The zero-order chi connectivity index (χ0) is 20.5. The van der Waals surface area contributed by atoms with Gasteiger partial charge in [0.05, 0.1) is 11.2 Å². The van der Waals surface area contributed by atoms with Gasteiger partial charge in [0.25, 0.3) is 0 Å². The van der Waals surface area contributed by atoms with Gasteiger partial charge < -0.3 is 0 Å². The SMILES string of the molecule is Fc1ccccc1-c1nc2ccc(Cl)cc2c(-c2ccccc2)c1-c1ccccc1. The lowest BCUT2D eigenvalue weighted by Gasteiger charge is -2.19. The third kappa shape index (κ3) is 3.26. The standard InChI is InChI=1S/C27H17ClFN/c28-20-15-16-24-22(17-20)25(18-9-3-1-4-10-18)26(19-11-5-2-6-12-19)27(30-24)21-13-7-8-14-23(21)29/h1-17H. The van der Waals surface area contributed by atoms with Crippen molar-refractivity contribution in [1.82, 2.24) is 4.98 Å². The molecule has 30 heavy (non-hydrogen) atoms. The molecule has 0 aliphatic heterocycles. The summed E-state index contributed by atoms with van der Waals surface area (Å²) in [5.74, 6) is -0.297. The highest BCUT2D eigenvalue weighted by atomic mass is 35.5. The van der Waals surface area contributed by atoms with Crippen LogP contribution < -0.4 is 0 Å². The van der Waals surface area contributed by atoms with Crippen LogP contribution >= 0.6 is 11.6 Å². The van der Waals surface area contributed by atoms with E-state index in [1.807, 2.05) is 72.8 Å². The van der Waals surface area contributed by atoms with Gasteiger partial charge in [-0.1, -0.05) is 84.4 Å². The van der Waals surface area contributed by atoms with Crippen LogP contribution in [0.3, 0.4) is 0 Å². The molecule has 5 aromatic rings. The number of aromatic nitrogens is 1. The molecule has 0 atom stereocenters. The first-order chi connectivity index (χ1) is 14.7. The maximum Gasteiger partial charge on any atom is 0.132 e. The van der Waals surface area contributed by atoms with Crippen molar-refractivity contribution >= 4 is 22.5 Å². The predicted molar refractivity (Wildman–Crippen MR) is 123 cm³/mol. The molecular formula is C27H17ClFN. The molecule has 0 N–H and O–H groups in total. The van der Waals surface area contributed by atoms with Gasteiger partial charge in [0.15, 0.2) is 0 Å². The van der Waals surface area contributed by atoms with E-state index in [0.717, 1.165) is 33.2 Å². The highest BCUT2D eigenvalue weighted by Gasteiger charge is 2.21. The Balaban J connectivity index is 2.00. The van der Waals surface area contributed by atoms with Gasteiger partial charge in [-0.25, -0.2) is 9.37 Å². The van der Waals surface area contributed by atoms with Gasteiger partial charge in [0.1, 0.15) is 5.82 Å². The van der Waals surface area contributed by atoms with E-state index in [1.54, 1.807) is 12.1 Å². The Kier molecular flexibility index (Phi) is 4.78. The highest BCUT2D eigenvalue weighted by Crippen LogP contribution is 2.44. The van der Waals surface area contributed by atoms with Gasteiger partial charge in [0, 0.05) is 27.1 Å². The Morgan fingerprint density at radius 1 is 0.633 bits per heavy atom. The molecule has 0 unspecified atom stereocenters. The molecule has 0 saturated heterocycles. The van der Waals surface area contributed by atoms with Gasteiger partial charge >= 0.3 is 0 Å². The Morgan fingerprint density at radius 2 is 1.23 bits per heavy atom. The third-order valence-electron chi connectivity index (χ3n) is 5.20. The fourth-order valence-electron chi connectivity index (χ4n) is 3.87. The number of rotatable bonds is 3. The lowest BCUT2D eigenvalue weighted by Crippen LogP contribution is -1.98. The molecule has 0 aliphatic rings. The third-order valence-corrected chi connectivity index (χ3v) is 5.44. The van der Waals surface area contributed by atoms with Crippen LogP contribution in [-0.2, 0) is 0 Å². The Hall–Kier alpha value is -3.49. The molecular weight excluding hydrogens is 393 g/mol. The van der Waals surface area contributed by atoms with Crippen molar-refractivity contribution in [2.75, 3.05) is 0 Å². The first-order valence-corrected chi connectivity index (χ1v) is 10.1. The minimum absolute atomic E-state index is 0.297. The van der Waals surface area contributed by atoms with Crippen molar-refractivity contribution in [3.05, 3.63) is 114 Å². The van der Waals surface area contributed by atoms with E-state index in [4.69, 9.17) is 16.6 Å². The van der Waals surface area contributed by atoms with Crippen LogP contribution in [0, 0.1) is 5.82 Å². The quantitative estimate of drug-likeness (QED) is 0.294. The van der Waals surface area contributed by atoms with Crippen molar-refractivity contribution < 1.29 is 4.39 Å². The first kappa shape index (κ1) is 18.5. The lowest BCUT2D eigenvalue weighted by atomic mass is 9.88. The highest BCUT2D eigenvalue weighted by molar-refractivity contribution is 6.31. The van der Waals surface area contributed by atoms with Crippen molar-refractivity contribution in [3.63, 3.8) is 0 Å². The summed E-state index contributed by atoms with van der Waals surface area (Å²) in [7, 11) is 0. The largest absolute Gasteiger partial charge is 0.247 e. The number of nitrogens with zero attached hydrogens (tertiary/aromatic N) is 1. The van der Waals surface area contributed by atoms with E-state index < -0.39 is 0 Å². The zero-order valence-corrected chi connectivity index (χ0v) is 16.8. The number of benzene rings is 4. The molecule has 4 aromatic carbocycles. The minimum Gasteiger partial charge on any atom is -0.247 e. The summed E-state index contributed by atoms with van der Waals surface area (Å²) >= 11 is 6.37. The van der Waals surface area contributed by atoms with E-state index in [2.05, 4.69) is 12.1 Å². The molecule has 0 amide bonds. The van der Waals surface area contributed by atoms with E-state index >= 15 is 0 Å². The van der Waals surface area contributed by atoms with E-state index in [9.17, 15) is 4.39 Å². The summed E-state index contributed by atoms with van der Waals surface area (Å²) in [6.07, 6.45) is 0. The fraction of sp³-hybridized carbons (Fsp3) is 0. The van der Waals surface area contributed by atoms with Gasteiger partial charge in [-0.3, -0.25) is 0 Å². The molecule has 5 rings (SSSR count). The average molecular weight is 410 g/mol. The number of hydrogen-bond donors (Lipinski definition) is 0. The summed E-state index contributed by atoms with van der Waals surface area (Å²) in [5.41, 5.74) is 5.76. The van der Waals surface area contributed by atoms with Crippen LogP contribution in [0.25, 0.3) is 44.4 Å². The zero-order valence-electron chi connectivity index (χ0n) is 16.0. The predicted octanol–water partition coefficient (Wildman–Crippen LogP) is 8.03. The monoisotopic (exact) mass is 409 g/mol. The summed E-state index contributed by atoms with van der Waals surface area (Å²) in [6, 6.07) is 32.5. The van der Waals surface area contributed by atoms with Crippen molar-refractivity contribution in [1.29, 1.82) is 0 Å². The lowest BCUT2D eigenvalue weighted by molar-refractivity contribution is 0.631. The summed E-state index contributed by atoms with van der Waals surface area (Å²) in [4.78, 5) is 4.91. The van der Waals surface area contributed by atoms with Gasteiger partial charge in [0.2, 0.25) is 0 Å². The van der Waals surface area contributed by atoms with E-state index in [0.29, 0.717) is 16.3 Å². The second-order valence-electron chi connectivity index (χ2n) is 7.08. The molecule has 0 saturated carbocycles. The molecule has 144 valence electrons. The molecule has 0 spiro atoms. The van der Waals surface area contributed by atoms with Gasteiger partial charge in [-0.2, -0.15) is 0 Å². The first-order valence-electron chi connectivity index (χ1n) is 9.71. The number of halogens is 2. The molecule has 1 heterocycles. The number of fused-ring (bicyclic) bond motifs is 1. The van der Waals surface area contributed by atoms with Gasteiger partial charge in [-0.15, -0.1) is 0 Å². The smallest absolute Gasteiger partial charge is 0.132 e. The Morgan fingerprint density at radius 3 is 1.90 bits per heavy atom. The summed E-state index contributed by atoms with van der Waals surface area (Å²) < 4.78 is 14.9. The van der Waals surface area contributed by atoms with Crippen molar-refractivity contribution in [2.45, 2.75) is 0 Å². The van der Waals surface area contributed by atoms with Crippen molar-refractivity contribution in [3.8, 4) is 33.5 Å². The van der Waals surface area contributed by atoms with Crippen LogP contribution in [0.4, 0.5) is 4.39 Å². The molecule has 0 fully saturated rings. The second kappa shape index (κ2) is 7.74. The summed E-state index contributed by atoms with van der Waals surface area (Å²) in [5, 5.41) is 1.58. The fourth-order valence-corrected chi connectivity index (χ4v) is 4.05.